The third-order valence-corrected chi connectivity index (χ3v) is 8.92. The molecule has 2 aromatic carbocycles. The minimum absolute atomic E-state index is 0.260. The number of benzene rings is 2. The number of nitrogens with zero attached hydrogens (tertiary/aromatic N) is 5. The second-order valence-electron chi connectivity index (χ2n) is 11.6. The van der Waals surface area contributed by atoms with Crippen molar-refractivity contribution < 1.29 is 9.13 Å². The number of halogens is 1. The van der Waals surface area contributed by atoms with E-state index in [0.717, 1.165) is 53.8 Å². The van der Waals surface area contributed by atoms with E-state index in [2.05, 4.69) is 51.9 Å². The van der Waals surface area contributed by atoms with Crippen LogP contribution in [0.3, 0.4) is 0 Å². The first-order valence-electron chi connectivity index (χ1n) is 14.0. The summed E-state index contributed by atoms with van der Waals surface area (Å²) in [5.74, 6) is 1.69. The number of likely N-dealkylation sites (tertiary alicyclic amines) is 1. The zero-order valence-corrected chi connectivity index (χ0v) is 22.2. The van der Waals surface area contributed by atoms with Crippen LogP contribution in [0.1, 0.15) is 37.7 Å². The molecule has 7 rings (SSSR count). The van der Waals surface area contributed by atoms with Crippen molar-refractivity contribution in [1.29, 1.82) is 0 Å². The number of piperidine rings is 1. The van der Waals surface area contributed by atoms with Crippen LogP contribution >= 0.6 is 0 Å². The van der Waals surface area contributed by atoms with Crippen molar-refractivity contribution in [2.45, 2.75) is 45.1 Å². The lowest BCUT2D eigenvalue weighted by molar-refractivity contribution is 0.188. The molecule has 0 amide bonds. The van der Waals surface area contributed by atoms with Crippen molar-refractivity contribution in [3.05, 3.63) is 54.0 Å². The lowest BCUT2D eigenvalue weighted by atomic mass is 9.98. The highest BCUT2D eigenvalue weighted by molar-refractivity contribution is 5.99. The van der Waals surface area contributed by atoms with Gasteiger partial charge in [0.1, 0.15) is 23.6 Å². The first-order valence-corrected chi connectivity index (χ1v) is 14.0. The predicted molar refractivity (Wildman–Crippen MR) is 149 cm³/mol. The minimum atomic E-state index is -0.414. The fourth-order valence-corrected chi connectivity index (χ4v) is 6.85. The molecule has 38 heavy (non-hydrogen) atoms. The number of likely N-dealkylation sites (N-methyl/N-ethyl adjacent to an activating group) is 1. The van der Waals surface area contributed by atoms with Gasteiger partial charge in [-0.2, -0.15) is 9.97 Å². The number of aryl methyl sites for hydroxylation is 1. The summed E-state index contributed by atoms with van der Waals surface area (Å²) in [5.41, 5.74) is 2.51. The molecule has 3 fully saturated rings. The summed E-state index contributed by atoms with van der Waals surface area (Å²) in [6, 6.07) is 12.8. The van der Waals surface area contributed by atoms with Crippen LogP contribution < -0.4 is 9.64 Å². The maximum absolute atomic E-state index is 16.4. The molecule has 2 saturated heterocycles. The summed E-state index contributed by atoms with van der Waals surface area (Å²) in [6.07, 6.45) is 7.84. The standard InChI is InChI=1S/C31H34FN5O/c1-19-8-11-22-5-3-7-24(25(22)13-19)28-27(32)29-26(15-33-28)30(37-16-20-9-10-21(14-20)17-37)35-31(34-29)38-18-23-6-4-12-36(23)2/h3,5,7-8,11,13,15,20-21,23H,4,6,9-10,12,14,16-18H2,1-2H3/t20?,21?,23-/m0/s1. The Balaban J connectivity index is 1.35. The molecule has 2 aliphatic heterocycles. The fourth-order valence-electron chi connectivity index (χ4n) is 6.85. The number of hydrogen-bond acceptors (Lipinski definition) is 6. The molecule has 0 radical (unpaired) electrons. The maximum Gasteiger partial charge on any atom is 0.319 e. The first kappa shape index (κ1) is 23.8. The molecular formula is C31H34FN5O. The fraction of sp³-hybridized carbons (Fsp3) is 0.452. The highest BCUT2D eigenvalue weighted by atomic mass is 19.1. The summed E-state index contributed by atoms with van der Waals surface area (Å²) < 4.78 is 22.6. The largest absolute Gasteiger partial charge is 0.462 e. The number of rotatable bonds is 5. The predicted octanol–water partition coefficient (Wildman–Crippen LogP) is 6.00. The molecule has 3 aliphatic rings. The summed E-state index contributed by atoms with van der Waals surface area (Å²) in [5, 5.41) is 2.71. The SMILES string of the molecule is Cc1ccc2cccc(-c3ncc4c(N5CC6CCC(C6)C5)nc(OC[C@@H]5CCCN5C)nc4c3F)c2c1. The molecule has 7 heteroatoms. The van der Waals surface area contributed by atoms with Gasteiger partial charge in [-0.25, -0.2) is 4.39 Å². The summed E-state index contributed by atoms with van der Waals surface area (Å²) in [7, 11) is 2.13. The number of hydrogen-bond donors (Lipinski definition) is 0. The Labute approximate surface area is 222 Å². The molecule has 3 atom stereocenters. The highest BCUT2D eigenvalue weighted by Crippen LogP contribution is 2.41. The third-order valence-electron chi connectivity index (χ3n) is 8.92. The van der Waals surface area contributed by atoms with Crippen LogP contribution in [-0.2, 0) is 0 Å². The Bertz CT molecular complexity index is 1510. The molecule has 6 nitrogen and oxygen atoms in total. The van der Waals surface area contributed by atoms with E-state index in [1.807, 2.05) is 18.2 Å². The molecule has 1 saturated carbocycles. The van der Waals surface area contributed by atoms with E-state index in [-0.39, 0.29) is 11.5 Å². The topological polar surface area (TPSA) is 54.4 Å². The van der Waals surface area contributed by atoms with Crippen molar-refractivity contribution in [2.24, 2.45) is 11.8 Å². The smallest absolute Gasteiger partial charge is 0.319 e. The van der Waals surface area contributed by atoms with E-state index < -0.39 is 5.82 Å². The molecule has 4 heterocycles. The average Bonchev–Trinajstić information content (AvgIpc) is 3.50. The van der Waals surface area contributed by atoms with Gasteiger partial charge in [0.05, 0.1) is 5.39 Å². The van der Waals surface area contributed by atoms with Gasteiger partial charge in [0.2, 0.25) is 0 Å². The van der Waals surface area contributed by atoms with Gasteiger partial charge in [0.25, 0.3) is 0 Å². The van der Waals surface area contributed by atoms with Crippen LogP contribution in [0.5, 0.6) is 6.01 Å². The quantitative estimate of drug-likeness (QED) is 0.328. The van der Waals surface area contributed by atoms with Crippen LogP contribution in [0.25, 0.3) is 32.9 Å². The summed E-state index contributed by atoms with van der Waals surface area (Å²) >= 11 is 0. The van der Waals surface area contributed by atoms with E-state index in [0.29, 0.717) is 35.6 Å². The highest BCUT2D eigenvalue weighted by Gasteiger charge is 2.35. The van der Waals surface area contributed by atoms with Crippen LogP contribution in [-0.4, -0.2) is 59.2 Å². The van der Waals surface area contributed by atoms with Crippen molar-refractivity contribution >= 4 is 27.5 Å². The Hall–Kier alpha value is -3.32. The lowest BCUT2D eigenvalue weighted by Gasteiger charge is -2.33. The van der Waals surface area contributed by atoms with Gasteiger partial charge in [-0.3, -0.25) is 4.98 Å². The number of pyridine rings is 1. The molecule has 0 N–H and O–H groups in total. The van der Waals surface area contributed by atoms with Crippen molar-refractivity contribution in [3.63, 3.8) is 0 Å². The molecule has 2 unspecified atom stereocenters. The van der Waals surface area contributed by atoms with Crippen molar-refractivity contribution in [3.8, 4) is 17.3 Å². The Kier molecular flexibility index (Phi) is 5.91. The number of fused-ring (bicyclic) bond motifs is 4. The molecule has 0 spiro atoms. The maximum atomic E-state index is 16.4. The normalized spacial score (nSPS) is 23.6. The number of anilines is 1. The second kappa shape index (κ2) is 9.45. The van der Waals surface area contributed by atoms with Gasteiger partial charge < -0.3 is 14.5 Å². The van der Waals surface area contributed by atoms with Gasteiger partial charge in [-0.1, -0.05) is 42.0 Å². The van der Waals surface area contributed by atoms with Crippen molar-refractivity contribution in [2.75, 3.05) is 38.2 Å². The van der Waals surface area contributed by atoms with Gasteiger partial charge in [0, 0.05) is 30.9 Å². The zero-order chi connectivity index (χ0) is 25.8. The Morgan fingerprint density at radius 1 is 1.03 bits per heavy atom. The van der Waals surface area contributed by atoms with Crippen LogP contribution in [0.15, 0.2) is 42.6 Å². The third kappa shape index (κ3) is 4.17. The van der Waals surface area contributed by atoms with E-state index >= 15 is 4.39 Å². The zero-order valence-electron chi connectivity index (χ0n) is 22.2. The lowest BCUT2D eigenvalue weighted by Crippen LogP contribution is -2.37. The minimum Gasteiger partial charge on any atom is -0.462 e. The molecule has 2 aromatic heterocycles. The molecule has 2 bridgehead atoms. The Morgan fingerprint density at radius 2 is 1.87 bits per heavy atom. The summed E-state index contributed by atoms with van der Waals surface area (Å²) in [6.45, 7) is 5.52. The van der Waals surface area contributed by atoms with Gasteiger partial charge >= 0.3 is 6.01 Å². The second-order valence-corrected chi connectivity index (χ2v) is 11.6. The van der Waals surface area contributed by atoms with Gasteiger partial charge in [0.15, 0.2) is 5.82 Å². The first-order chi connectivity index (χ1) is 18.5. The molecule has 1 aliphatic carbocycles. The van der Waals surface area contributed by atoms with E-state index in [1.165, 1.54) is 25.7 Å². The van der Waals surface area contributed by atoms with E-state index in [1.54, 1.807) is 6.20 Å². The molecule has 196 valence electrons. The van der Waals surface area contributed by atoms with Crippen LogP contribution in [0.2, 0.25) is 0 Å². The summed E-state index contributed by atoms with van der Waals surface area (Å²) in [4.78, 5) is 18.9. The monoisotopic (exact) mass is 511 g/mol. The van der Waals surface area contributed by atoms with E-state index in [4.69, 9.17) is 9.72 Å². The average molecular weight is 512 g/mol. The van der Waals surface area contributed by atoms with E-state index in [9.17, 15) is 0 Å². The van der Waals surface area contributed by atoms with Gasteiger partial charge in [-0.05, 0) is 75.2 Å². The molecule has 4 aromatic rings. The van der Waals surface area contributed by atoms with Gasteiger partial charge in [-0.15, -0.1) is 0 Å². The Morgan fingerprint density at radius 3 is 2.66 bits per heavy atom. The van der Waals surface area contributed by atoms with Crippen LogP contribution in [0, 0.1) is 24.6 Å². The van der Waals surface area contributed by atoms with Crippen molar-refractivity contribution in [1.82, 2.24) is 19.9 Å². The van der Waals surface area contributed by atoms with Crippen LogP contribution in [0.4, 0.5) is 10.2 Å². The number of aromatic nitrogens is 3. The number of ether oxygens (including phenoxy) is 1. The molecular weight excluding hydrogens is 477 g/mol.